The molecule has 112 valence electrons. The van der Waals surface area contributed by atoms with Gasteiger partial charge in [-0.15, -0.1) is 0 Å². The van der Waals surface area contributed by atoms with Crippen molar-refractivity contribution in [3.63, 3.8) is 0 Å². The van der Waals surface area contributed by atoms with Crippen molar-refractivity contribution in [2.24, 2.45) is 10.9 Å². The monoisotopic (exact) mass is 283 g/mol. The number of hydrogen-bond donors (Lipinski definition) is 0. The van der Waals surface area contributed by atoms with Gasteiger partial charge in [-0.05, 0) is 19.6 Å². The molecule has 0 saturated carbocycles. The Morgan fingerprint density at radius 1 is 1.50 bits per heavy atom. The second-order valence-electron chi connectivity index (χ2n) is 5.30. The second kappa shape index (κ2) is 6.56. The molecule has 0 amide bonds. The third-order valence-corrected chi connectivity index (χ3v) is 2.96. The molecule has 1 aromatic rings. The van der Waals surface area contributed by atoms with Crippen LogP contribution in [-0.4, -0.2) is 56.1 Å². The van der Waals surface area contributed by atoms with Gasteiger partial charge in [0, 0.05) is 13.1 Å². The molecule has 2 heterocycles. The van der Waals surface area contributed by atoms with E-state index < -0.39 is 6.08 Å². The van der Waals surface area contributed by atoms with E-state index >= 15 is 0 Å². The zero-order chi connectivity index (χ0) is 14.5. The molecule has 0 atom stereocenters. The molecule has 8 heteroatoms. The second-order valence-corrected chi connectivity index (χ2v) is 5.30. The Hall–Kier alpha value is -1.83. The van der Waals surface area contributed by atoms with Crippen molar-refractivity contribution in [1.29, 1.82) is 0 Å². The molecule has 1 fully saturated rings. The summed E-state index contributed by atoms with van der Waals surface area (Å²) in [6.45, 7) is 7.89. The van der Waals surface area contributed by atoms with E-state index in [1.54, 1.807) is 11.0 Å². The largest absolute Gasteiger partial charge is 0.600 e. The lowest BCUT2D eigenvalue weighted by Gasteiger charge is -2.26. The molecule has 2 rings (SSSR count). The number of aromatic nitrogens is 2. The molecule has 8 nitrogen and oxygen atoms in total. The van der Waals surface area contributed by atoms with E-state index in [2.05, 4.69) is 22.2 Å². The Kier molecular flexibility index (Phi) is 4.78. The molecule has 1 aliphatic heterocycles. The average molecular weight is 283 g/mol. The summed E-state index contributed by atoms with van der Waals surface area (Å²) in [6, 6.07) is 0. The third-order valence-electron chi connectivity index (χ3n) is 2.96. The summed E-state index contributed by atoms with van der Waals surface area (Å²) in [5, 5.41) is 17.3. The van der Waals surface area contributed by atoms with Gasteiger partial charge in [0.15, 0.2) is 6.08 Å². The van der Waals surface area contributed by atoms with Crippen LogP contribution in [0.2, 0.25) is 0 Å². The predicted octanol–water partition coefficient (Wildman–Crippen LogP) is -1.13. The molecule has 0 unspecified atom stereocenters. The Morgan fingerprint density at radius 3 is 2.85 bits per heavy atom. The predicted molar refractivity (Wildman–Crippen MR) is 70.0 cm³/mol. The third kappa shape index (κ3) is 4.09. The molecule has 1 aliphatic rings. The van der Waals surface area contributed by atoms with Crippen molar-refractivity contribution >= 4 is 12.0 Å². The summed E-state index contributed by atoms with van der Waals surface area (Å²) in [4.78, 5) is 7.54. The van der Waals surface area contributed by atoms with Gasteiger partial charge in [-0.2, -0.15) is 10.0 Å². The quantitative estimate of drug-likeness (QED) is 0.395. The maximum absolute atomic E-state index is 11.4. The molecule has 1 aromatic heterocycles. The van der Waals surface area contributed by atoms with Crippen molar-refractivity contribution in [1.82, 2.24) is 10.2 Å². The summed E-state index contributed by atoms with van der Waals surface area (Å²) in [6.07, 6.45) is 0.933. The lowest BCUT2D eigenvalue weighted by Crippen LogP contribution is -2.64. The first kappa shape index (κ1) is 14.6. The van der Waals surface area contributed by atoms with Crippen LogP contribution < -0.4 is 14.9 Å². The minimum Gasteiger partial charge on any atom is -0.600 e. The molecular weight excluding hydrogens is 262 g/mol. The number of likely N-dealkylation sites (N-methyl/N-ethyl adjacent to an activating group) is 1. The maximum atomic E-state index is 11.4. The minimum atomic E-state index is -0.652. The molecule has 0 N–H and O–H groups in total. The SMILES string of the molecule is CC(C)CO/C([O-])=N/c1c[n+](N2CCN(C)CC2)no1. The lowest BCUT2D eigenvalue weighted by molar-refractivity contribution is -0.759. The van der Waals surface area contributed by atoms with Gasteiger partial charge in [0.2, 0.25) is 5.27 Å². The van der Waals surface area contributed by atoms with Crippen molar-refractivity contribution < 1.29 is 19.2 Å². The molecule has 1 saturated heterocycles. The van der Waals surface area contributed by atoms with Crippen LogP contribution in [0.1, 0.15) is 13.8 Å². The lowest BCUT2D eigenvalue weighted by atomic mass is 10.2. The van der Waals surface area contributed by atoms with Gasteiger partial charge in [0.25, 0.3) is 6.20 Å². The van der Waals surface area contributed by atoms with Crippen LogP contribution in [0.5, 0.6) is 0 Å². The average Bonchev–Trinajstić information content (AvgIpc) is 2.85. The minimum absolute atomic E-state index is 0.151. The molecule has 20 heavy (non-hydrogen) atoms. The zero-order valence-corrected chi connectivity index (χ0v) is 12.2. The zero-order valence-electron chi connectivity index (χ0n) is 12.2. The number of aliphatic imine (C=N–C) groups is 1. The van der Waals surface area contributed by atoms with Crippen molar-refractivity contribution in [2.75, 3.05) is 44.8 Å². The van der Waals surface area contributed by atoms with E-state index in [9.17, 15) is 5.11 Å². The fraction of sp³-hybridized carbons (Fsp3) is 0.750. The van der Waals surface area contributed by atoms with E-state index in [-0.39, 0.29) is 11.8 Å². The summed E-state index contributed by atoms with van der Waals surface area (Å²) in [7, 11) is 2.08. The van der Waals surface area contributed by atoms with Crippen LogP contribution in [0.25, 0.3) is 0 Å². The van der Waals surface area contributed by atoms with Gasteiger partial charge in [-0.25, -0.2) is 0 Å². The highest BCUT2D eigenvalue weighted by Gasteiger charge is 2.24. The highest BCUT2D eigenvalue weighted by molar-refractivity contribution is 5.64. The highest BCUT2D eigenvalue weighted by atomic mass is 16.6. The smallest absolute Gasteiger partial charge is 0.326 e. The van der Waals surface area contributed by atoms with Crippen LogP contribution >= 0.6 is 0 Å². The number of rotatable bonds is 4. The molecule has 0 bridgehead atoms. The fourth-order valence-electron chi connectivity index (χ4n) is 1.77. The first-order valence-electron chi connectivity index (χ1n) is 6.75. The number of hydrogen-bond acceptors (Lipinski definition) is 7. The van der Waals surface area contributed by atoms with Gasteiger partial charge in [-0.3, -0.25) is 4.52 Å². The topological polar surface area (TPSA) is 81.0 Å². The first-order chi connectivity index (χ1) is 9.54. The first-order valence-corrected chi connectivity index (χ1v) is 6.75. The van der Waals surface area contributed by atoms with Crippen molar-refractivity contribution in [3.8, 4) is 0 Å². The van der Waals surface area contributed by atoms with Crippen molar-refractivity contribution in [3.05, 3.63) is 6.20 Å². The maximum Gasteiger partial charge on any atom is 0.326 e. The summed E-state index contributed by atoms with van der Waals surface area (Å²) in [5.41, 5.74) is 0. The molecule has 0 radical (unpaired) electrons. The number of piperazine rings is 1. The molecule has 0 aromatic carbocycles. The molecule has 0 spiro atoms. The normalized spacial score (nSPS) is 17.8. The Balaban J connectivity index is 1.93. The molecular formula is C12H21N5O3. The summed E-state index contributed by atoms with van der Waals surface area (Å²) < 4.78 is 9.97. The Labute approximate surface area is 118 Å². The number of nitrogens with zero attached hydrogens (tertiary/aromatic N) is 5. The van der Waals surface area contributed by atoms with E-state index in [4.69, 9.17) is 9.26 Å². The Bertz CT molecular complexity index is 452. The van der Waals surface area contributed by atoms with Crippen LogP contribution in [0.4, 0.5) is 5.88 Å². The van der Waals surface area contributed by atoms with Gasteiger partial charge >= 0.3 is 5.88 Å². The van der Waals surface area contributed by atoms with Gasteiger partial charge in [0.05, 0.1) is 17.9 Å². The van der Waals surface area contributed by atoms with E-state index in [0.717, 1.165) is 26.2 Å². The van der Waals surface area contributed by atoms with Crippen LogP contribution in [0, 0.1) is 5.92 Å². The highest BCUT2D eigenvalue weighted by Crippen LogP contribution is 2.06. The Morgan fingerprint density at radius 2 is 2.20 bits per heavy atom. The van der Waals surface area contributed by atoms with Crippen LogP contribution in [0.15, 0.2) is 15.7 Å². The van der Waals surface area contributed by atoms with E-state index in [1.165, 1.54) is 0 Å². The van der Waals surface area contributed by atoms with E-state index in [0.29, 0.717) is 6.61 Å². The molecule has 0 aliphatic carbocycles. The fourth-order valence-corrected chi connectivity index (χ4v) is 1.77. The summed E-state index contributed by atoms with van der Waals surface area (Å²) >= 11 is 0. The van der Waals surface area contributed by atoms with Crippen LogP contribution in [0.3, 0.4) is 0 Å². The van der Waals surface area contributed by atoms with Gasteiger partial charge in [-0.1, -0.05) is 13.8 Å². The van der Waals surface area contributed by atoms with Crippen LogP contribution in [-0.2, 0) is 4.74 Å². The van der Waals surface area contributed by atoms with Gasteiger partial charge < -0.3 is 14.7 Å². The van der Waals surface area contributed by atoms with Gasteiger partial charge in [0.1, 0.15) is 0 Å². The number of ether oxygens (including phenoxy) is 1. The van der Waals surface area contributed by atoms with Crippen molar-refractivity contribution in [2.45, 2.75) is 13.8 Å². The summed E-state index contributed by atoms with van der Waals surface area (Å²) in [5.74, 6) is 0.428. The standard InChI is InChI=1S/C12H21N5O3/c1-10(2)9-19-12(18)13-11-8-17(14-20-11)16-6-4-15(3)5-7-16/h8,10H,4-7,9H2,1-3H3. The van der Waals surface area contributed by atoms with E-state index in [1.807, 2.05) is 18.9 Å².